The van der Waals surface area contributed by atoms with Gasteiger partial charge in [-0.3, -0.25) is 0 Å². The zero-order valence-corrected chi connectivity index (χ0v) is 17.8. The molecular formula is C23H24O4Si. The molecule has 0 aromatic heterocycles. The van der Waals surface area contributed by atoms with Gasteiger partial charge >= 0.3 is 11.9 Å². The zero-order valence-electron chi connectivity index (χ0n) is 16.8. The second-order valence-electron chi connectivity index (χ2n) is 6.78. The third-order valence-corrected chi connectivity index (χ3v) is 4.24. The molecule has 5 heteroatoms. The first-order valence-electron chi connectivity index (χ1n) is 8.56. The number of terminal acetylenes is 1. The lowest BCUT2D eigenvalue weighted by Crippen LogP contribution is -2.16. The maximum Gasteiger partial charge on any atom is 0.337 e. The third kappa shape index (κ3) is 7.95. The first-order valence-corrected chi connectivity index (χ1v) is 12.1. The SMILES string of the molecule is C#Cc1ccc(C(=O)OC)cc1.COC(=O)c1ccc(C#C[Si](C)(C)C)cc1. The highest BCUT2D eigenvalue weighted by Crippen LogP contribution is 2.06. The molecule has 144 valence electrons. The van der Waals surface area contributed by atoms with Crippen molar-refractivity contribution in [3.05, 3.63) is 70.8 Å². The average molecular weight is 393 g/mol. The van der Waals surface area contributed by atoms with Gasteiger partial charge in [-0.2, -0.15) is 0 Å². The van der Waals surface area contributed by atoms with E-state index in [0.29, 0.717) is 11.1 Å². The highest BCUT2D eigenvalue weighted by Gasteiger charge is 2.08. The van der Waals surface area contributed by atoms with Crippen LogP contribution < -0.4 is 0 Å². The fraction of sp³-hybridized carbons (Fsp3) is 0.217. The molecule has 0 bridgehead atoms. The van der Waals surface area contributed by atoms with Crippen LogP contribution in [0.15, 0.2) is 48.5 Å². The van der Waals surface area contributed by atoms with E-state index in [0.717, 1.165) is 11.1 Å². The normalized spacial score (nSPS) is 9.57. The maximum absolute atomic E-state index is 11.2. The minimum atomic E-state index is -1.34. The van der Waals surface area contributed by atoms with Crippen LogP contribution in [0.2, 0.25) is 19.6 Å². The summed E-state index contributed by atoms with van der Waals surface area (Å²) < 4.78 is 9.14. The van der Waals surface area contributed by atoms with Crippen molar-refractivity contribution < 1.29 is 19.1 Å². The van der Waals surface area contributed by atoms with Crippen LogP contribution in [-0.2, 0) is 9.47 Å². The maximum atomic E-state index is 11.2. The molecule has 0 amide bonds. The van der Waals surface area contributed by atoms with Crippen molar-refractivity contribution in [3.63, 3.8) is 0 Å². The summed E-state index contributed by atoms with van der Waals surface area (Å²) in [5.74, 6) is 4.92. The molecule has 0 unspecified atom stereocenters. The summed E-state index contributed by atoms with van der Waals surface area (Å²) in [7, 11) is 1.39. The molecule has 0 saturated carbocycles. The van der Waals surface area contributed by atoms with Gasteiger partial charge in [0, 0.05) is 11.1 Å². The van der Waals surface area contributed by atoms with Gasteiger partial charge in [0.05, 0.1) is 25.3 Å². The van der Waals surface area contributed by atoms with Crippen LogP contribution in [0.4, 0.5) is 0 Å². The first-order chi connectivity index (χ1) is 13.2. The molecule has 0 spiro atoms. The third-order valence-electron chi connectivity index (χ3n) is 3.36. The Balaban J connectivity index is 0.000000292. The quantitative estimate of drug-likeness (QED) is 0.438. The number of carbonyl (C=O) groups excluding carboxylic acids is 2. The number of methoxy groups -OCH3 is 2. The van der Waals surface area contributed by atoms with Crippen molar-refractivity contribution in [2.24, 2.45) is 0 Å². The van der Waals surface area contributed by atoms with Crippen LogP contribution in [-0.4, -0.2) is 34.2 Å². The Hall–Kier alpha value is -3.28. The van der Waals surface area contributed by atoms with E-state index in [2.05, 4.69) is 46.5 Å². The van der Waals surface area contributed by atoms with Gasteiger partial charge in [-0.15, -0.1) is 12.0 Å². The fourth-order valence-electron chi connectivity index (χ4n) is 1.89. The Bertz CT molecular complexity index is 903. The Kier molecular flexibility index (Phi) is 8.75. The van der Waals surface area contributed by atoms with Gasteiger partial charge in [-0.05, 0) is 48.5 Å². The van der Waals surface area contributed by atoms with Crippen molar-refractivity contribution in [1.29, 1.82) is 0 Å². The molecule has 0 heterocycles. The number of hydrogen-bond donors (Lipinski definition) is 0. The summed E-state index contributed by atoms with van der Waals surface area (Å²) in [4.78, 5) is 22.1. The summed E-state index contributed by atoms with van der Waals surface area (Å²) in [6.07, 6.45) is 5.14. The zero-order chi connectivity index (χ0) is 21.2. The summed E-state index contributed by atoms with van der Waals surface area (Å²) in [6.45, 7) is 6.59. The second-order valence-corrected chi connectivity index (χ2v) is 11.5. The molecule has 2 rings (SSSR count). The molecule has 0 fully saturated rings. The lowest BCUT2D eigenvalue weighted by molar-refractivity contribution is 0.0592. The minimum Gasteiger partial charge on any atom is -0.465 e. The van der Waals surface area contributed by atoms with Gasteiger partial charge < -0.3 is 9.47 Å². The van der Waals surface area contributed by atoms with Gasteiger partial charge in [0.2, 0.25) is 0 Å². The lowest BCUT2D eigenvalue weighted by Gasteiger charge is -2.03. The molecule has 4 nitrogen and oxygen atoms in total. The Labute approximate surface area is 167 Å². The standard InChI is InChI=1S/C13H16O2Si.C10H8O2/c1-15-13(14)12-7-5-11(6-8-12)9-10-16(2,3)4;1-3-8-4-6-9(7-5-8)10(11)12-2/h5-8H,1-4H3;1,4-7H,2H3. The number of rotatable bonds is 2. The molecule has 2 aromatic carbocycles. The summed E-state index contributed by atoms with van der Waals surface area (Å²) in [6, 6.07) is 13.8. The number of ether oxygens (including phenoxy) is 2. The first kappa shape index (κ1) is 22.8. The number of esters is 2. The molecule has 0 aliphatic carbocycles. The molecular weight excluding hydrogens is 368 g/mol. The monoisotopic (exact) mass is 392 g/mol. The second kappa shape index (κ2) is 10.8. The van der Waals surface area contributed by atoms with E-state index in [9.17, 15) is 9.59 Å². The number of hydrogen-bond acceptors (Lipinski definition) is 4. The molecule has 0 atom stereocenters. The van der Waals surface area contributed by atoms with Crippen LogP contribution >= 0.6 is 0 Å². The van der Waals surface area contributed by atoms with Crippen molar-refractivity contribution in [3.8, 4) is 23.8 Å². The smallest absolute Gasteiger partial charge is 0.337 e. The number of carbonyl (C=O) groups is 2. The average Bonchev–Trinajstić information content (AvgIpc) is 2.71. The molecule has 0 aliphatic heterocycles. The fourth-order valence-corrected chi connectivity index (χ4v) is 2.41. The van der Waals surface area contributed by atoms with Crippen LogP contribution in [0.5, 0.6) is 0 Å². The molecule has 0 saturated heterocycles. The van der Waals surface area contributed by atoms with Gasteiger partial charge in [0.25, 0.3) is 0 Å². The Morgan fingerprint density at radius 3 is 1.50 bits per heavy atom. The number of benzene rings is 2. The Morgan fingerprint density at radius 2 is 1.18 bits per heavy atom. The van der Waals surface area contributed by atoms with Crippen LogP contribution in [0.1, 0.15) is 31.8 Å². The van der Waals surface area contributed by atoms with Crippen molar-refractivity contribution in [2.45, 2.75) is 19.6 Å². The summed E-state index contributed by atoms with van der Waals surface area (Å²) in [5, 5.41) is 0. The predicted octanol–water partition coefficient (Wildman–Crippen LogP) is 4.16. The van der Waals surface area contributed by atoms with Gasteiger partial charge in [-0.1, -0.05) is 31.5 Å². The summed E-state index contributed by atoms with van der Waals surface area (Å²) in [5.41, 5.74) is 6.03. The van der Waals surface area contributed by atoms with Crippen molar-refractivity contribution in [1.82, 2.24) is 0 Å². The topological polar surface area (TPSA) is 52.6 Å². The molecule has 0 N–H and O–H groups in total. The molecule has 0 aliphatic rings. The van der Waals surface area contributed by atoms with Crippen molar-refractivity contribution >= 4 is 20.0 Å². The Morgan fingerprint density at radius 1 is 0.786 bits per heavy atom. The highest BCUT2D eigenvalue weighted by atomic mass is 28.3. The van der Waals surface area contributed by atoms with E-state index in [4.69, 9.17) is 6.42 Å². The van der Waals surface area contributed by atoms with E-state index >= 15 is 0 Å². The molecule has 2 aromatic rings. The van der Waals surface area contributed by atoms with E-state index in [-0.39, 0.29) is 11.9 Å². The molecule has 28 heavy (non-hydrogen) atoms. The highest BCUT2D eigenvalue weighted by molar-refractivity contribution is 6.83. The van der Waals surface area contributed by atoms with Crippen molar-refractivity contribution in [2.75, 3.05) is 14.2 Å². The minimum absolute atomic E-state index is 0.315. The van der Waals surface area contributed by atoms with Gasteiger partial charge in [-0.25, -0.2) is 9.59 Å². The lowest BCUT2D eigenvalue weighted by atomic mass is 10.1. The van der Waals surface area contributed by atoms with Crippen LogP contribution in [0.3, 0.4) is 0 Å². The van der Waals surface area contributed by atoms with E-state index in [1.165, 1.54) is 14.2 Å². The summed E-state index contributed by atoms with van der Waals surface area (Å²) >= 11 is 0. The van der Waals surface area contributed by atoms with E-state index in [1.54, 1.807) is 36.4 Å². The van der Waals surface area contributed by atoms with Crippen LogP contribution in [0, 0.1) is 23.8 Å². The van der Waals surface area contributed by atoms with Gasteiger partial charge in [0.15, 0.2) is 0 Å². The molecule has 0 radical (unpaired) electrons. The van der Waals surface area contributed by atoms with Gasteiger partial charge in [0.1, 0.15) is 8.07 Å². The van der Waals surface area contributed by atoms with E-state index in [1.807, 2.05) is 12.1 Å². The largest absolute Gasteiger partial charge is 0.465 e. The van der Waals surface area contributed by atoms with E-state index < -0.39 is 8.07 Å². The van der Waals surface area contributed by atoms with Crippen LogP contribution in [0.25, 0.3) is 0 Å². The predicted molar refractivity (Wildman–Crippen MR) is 114 cm³/mol.